The van der Waals surface area contributed by atoms with Crippen LogP contribution < -0.4 is 21.7 Å². The van der Waals surface area contributed by atoms with E-state index in [1.54, 1.807) is 13.8 Å². The highest BCUT2D eigenvalue weighted by Crippen LogP contribution is 2.11. The number of phenols is 1. The Morgan fingerprint density at radius 2 is 1.55 bits per heavy atom. The van der Waals surface area contributed by atoms with Crippen LogP contribution in [0.15, 0.2) is 24.3 Å². The first-order valence-electron chi connectivity index (χ1n) is 10.3. The minimum absolute atomic E-state index is 0.0104. The second-order valence-electron chi connectivity index (χ2n) is 7.81. The van der Waals surface area contributed by atoms with Gasteiger partial charge in [0.05, 0.1) is 12.6 Å². The number of nitrogens with one attached hydrogen (secondary N) is 3. The molecule has 0 aliphatic carbocycles. The topological polar surface area (TPSA) is 208 Å². The lowest BCUT2D eigenvalue weighted by Gasteiger charge is -2.22. The second-order valence-corrected chi connectivity index (χ2v) is 7.81. The number of aliphatic carboxylic acids is 2. The van der Waals surface area contributed by atoms with Gasteiger partial charge in [0.2, 0.25) is 17.7 Å². The van der Waals surface area contributed by atoms with Gasteiger partial charge in [0, 0.05) is 12.8 Å². The Bertz CT molecular complexity index is 856. The largest absolute Gasteiger partial charge is 0.508 e. The first kappa shape index (κ1) is 27.4. The van der Waals surface area contributed by atoms with E-state index in [1.165, 1.54) is 24.3 Å². The second kappa shape index (κ2) is 13.0. The zero-order chi connectivity index (χ0) is 25.1. The molecule has 0 radical (unpaired) electrons. The van der Waals surface area contributed by atoms with Crippen molar-refractivity contribution in [1.29, 1.82) is 0 Å². The first-order chi connectivity index (χ1) is 15.4. The summed E-state index contributed by atoms with van der Waals surface area (Å²) in [5.41, 5.74) is 6.31. The number of hydrogen-bond acceptors (Lipinski definition) is 7. The molecule has 182 valence electrons. The van der Waals surface area contributed by atoms with Crippen LogP contribution in [0.2, 0.25) is 0 Å². The fraction of sp³-hybridized carbons (Fsp3) is 0.476. The molecule has 0 saturated carbocycles. The molecular weight excluding hydrogens is 436 g/mol. The van der Waals surface area contributed by atoms with Crippen molar-refractivity contribution in [2.24, 2.45) is 11.7 Å². The van der Waals surface area contributed by atoms with Crippen molar-refractivity contribution in [2.45, 2.75) is 51.2 Å². The predicted octanol–water partition coefficient (Wildman–Crippen LogP) is -1.05. The molecule has 8 N–H and O–H groups in total. The molecule has 0 aromatic heterocycles. The van der Waals surface area contributed by atoms with Gasteiger partial charge in [-0.2, -0.15) is 0 Å². The lowest BCUT2D eigenvalue weighted by molar-refractivity contribution is -0.141. The molecule has 0 saturated heterocycles. The number of carbonyl (C=O) groups is 5. The summed E-state index contributed by atoms with van der Waals surface area (Å²) in [5, 5.41) is 34.5. The molecule has 0 aliphatic rings. The van der Waals surface area contributed by atoms with Crippen molar-refractivity contribution in [3.05, 3.63) is 29.8 Å². The van der Waals surface area contributed by atoms with Crippen LogP contribution in [0, 0.1) is 5.92 Å². The number of benzene rings is 1. The Hall–Kier alpha value is -3.67. The van der Waals surface area contributed by atoms with Crippen LogP contribution in [-0.2, 0) is 30.4 Å². The highest BCUT2D eigenvalue weighted by atomic mass is 16.4. The average molecular weight is 466 g/mol. The molecule has 0 aliphatic heterocycles. The van der Waals surface area contributed by atoms with Crippen molar-refractivity contribution < 1.29 is 39.3 Å². The summed E-state index contributed by atoms with van der Waals surface area (Å²) in [6, 6.07) is 2.35. The number of phenolic OH excluding ortho intramolecular Hbond substituents is 1. The summed E-state index contributed by atoms with van der Waals surface area (Å²) in [5.74, 6) is -4.92. The van der Waals surface area contributed by atoms with Crippen LogP contribution in [0.25, 0.3) is 0 Å². The quantitative estimate of drug-likeness (QED) is 0.189. The number of aromatic hydroxyl groups is 1. The first-order valence-corrected chi connectivity index (χ1v) is 10.3. The minimum atomic E-state index is -1.29. The van der Waals surface area contributed by atoms with Crippen LogP contribution in [-0.4, -0.2) is 69.7 Å². The van der Waals surface area contributed by atoms with Gasteiger partial charge in [-0.15, -0.1) is 0 Å². The number of hydrogen-bond donors (Lipinski definition) is 7. The van der Waals surface area contributed by atoms with E-state index in [9.17, 15) is 34.2 Å². The van der Waals surface area contributed by atoms with Gasteiger partial charge in [-0.3, -0.25) is 19.2 Å². The Balaban J connectivity index is 2.71. The third-order valence-electron chi connectivity index (χ3n) is 4.73. The smallest absolute Gasteiger partial charge is 0.326 e. The van der Waals surface area contributed by atoms with Gasteiger partial charge < -0.3 is 37.0 Å². The normalized spacial score (nSPS) is 13.5. The van der Waals surface area contributed by atoms with Crippen molar-refractivity contribution in [3.63, 3.8) is 0 Å². The maximum absolute atomic E-state index is 12.5. The van der Waals surface area contributed by atoms with E-state index in [2.05, 4.69) is 16.0 Å². The third-order valence-corrected chi connectivity index (χ3v) is 4.73. The average Bonchev–Trinajstić information content (AvgIpc) is 2.74. The zero-order valence-electron chi connectivity index (χ0n) is 18.4. The van der Waals surface area contributed by atoms with E-state index in [1.807, 2.05) is 0 Å². The molecule has 1 aromatic rings. The minimum Gasteiger partial charge on any atom is -0.508 e. The molecular formula is C21H30N4O8. The molecule has 0 fully saturated rings. The molecule has 3 amide bonds. The SMILES string of the molecule is CC(C)C(N)C(=O)NC(CCC(=O)O)C(=O)NCC(=O)NC(Cc1ccc(O)cc1)C(=O)O. The number of amides is 3. The number of nitrogens with two attached hydrogens (primary N) is 1. The van der Waals surface area contributed by atoms with Crippen LogP contribution in [0.3, 0.4) is 0 Å². The van der Waals surface area contributed by atoms with E-state index < -0.39 is 60.8 Å². The number of rotatable bonds is 13. The van der Waals surface area contributed by atoms with E-state index in [0.29, 0.717) is 5.56 Å². The molecule has 12 heteroatoms. The summed E-state index contributed by atoms with van der Waals surface area (Å²) in [7, 11) is 0. The molecule has 3 unspecified atom stereocenters. The maximum Gasteiger partial charge on any atom is 0.326 e. The standard InChI is InChI=1S/C21H30N4O8/c1-11(2)18(22)20(31)25-14(7-8-17(28)29)19(30)23-10-16(27)24-15(21(32)33)9-12-3-5-13(26)6-4-12/h3-6,11,14-15,18,26H,7-10,22H2,1-2H3,(H,23,30)(H,24,27)(H,25,31)(H,28,29)(H,32,33). The summed E-state index contributed by atoms with van der Waals surface area (Å²) >= 11 is 0. The number of carboxylic acids is 2. The molecule has 0 spiro atoms. The highest BCUT2D eigenvalue weighted by molar-refractivity contribution is 5.92. The van der Waals surface area contributed by atoms with Crippen molar-refractivity contribution in [3.8, 4) is 5.75 Å². The van der Waals surface area contributed by atoms with Crippen molar-refractivity contribution in [1.82, 2.24) is 16.0 Å². The lowest BCUT2D eigenvalue weighted by Crippen LogP contribution is -2.54. The van der Waals surface area contributed by atoms with Gasteiger partial charge in [0.25, 0.3) is 0 Å². The maximum atomic E-state index is 12.5. The third kappa shape index (κ3) is 9.99. The Morgan fingerprint density at radius 3 is 2.06 bits per heavy atom. The molecule has 33 heavy (non-hydrogen) atoms. The summed E-state index contributed by atoms with van der Waals surface area (Å²) < 4.78 is 0. The van der Waals surface area contributed by atoms with Crippen LogP contribution in [0.1, 0.15) is 32.3 Å². The Labute approximate surface area is 190 Å². The van der Waals surface area contributed by atoms with Gasteiger partial charge >= 0.3 is 11.9 Å². The summed E-state index contributed by atoms with van der Waals surface area (Å²) in [4.78, 5) is 59.2. The van der Waals surface area contributed by atoms with E-state index in [4.69, 9.17) is 10.8 Å². The van der Waals surface area contributed by atoms with Crippen LogP contribution >= 0.6 is 0 Å². The molecule has 12 nitrogen and oxygen atoms in total. The fourth-order valence-electron chi connectivity index (χ4n) is 2.71. The van der Waals surface area contributed by atoms with Gasteiger partial charge in [0.1, 0.15) is 17.8 Å². The fourth-order valence-corrected chi connectivity index (χ4v) is 2.71. The van der Waals surface area contributed by atoms with E-state index >= 15 is 0 Å². The lowest BCUT2D eigenvalue weighted by atomic mass is 10.0. The molecule has 0 heterocycles. The summed E-state index contributed by atoms with van der Waals surface area (Å²) in [6.07, 6.45) is -0.688. The molecule has 1 aromatic carbocycles. The van der Waals surface area contributed by atoms with Crippen LogP contribution in [0.5, 0.6) is 5.75 Å². The number of carboxylic acid groups (broad SMARTS) is 2. The Morgan fingerprint density at radius 1 is 0.939 bits per heavy atom. The molecule has 3 atom stereocenters. The van der Waals surface area contributed by atoms with Crippen molar-refractivity contribution >= 4 is 29.7 Å². The molecule has 1 rings (SSSR count). The monoisotopic (exact) mass is 466 g/mol. The van der Waals surface area contributed by atoms with E-state index in [-0.39, 0.29) is 24.5 Å². The zero-order valence-corrected chi connectivity index (χ0v) is 18.4. The van der Waals surface area contributed by atoms with Gasteiger partial charge in [0.15, 0.2) is 0 Å². The predicted molar refractivity (Wildman–Crippen MR) is 116 cm³/mol. The highest BCUT2D eigenvalue weighted by Gasteiger charge is 2.27. The van der Waals surface area contributed by atoms with Crippen LogP contribution in [0.4, 0.5) is 0 Å². The van der Waals surface area contributed by atoms with Gasteiger partial charge in [-0.25, -0.2) is 4.79 Å². The van der Waals surface area contributed by atoms with Gasteiger partial charge in [-0.05, 0) is 30.0 Å². The summed E-state index contributed by atoms with van der Waals surface area (Å²) in [6.45, 7) is 2.82. The Kier molecular flexibility index (Phi) is 10.8. The van der Waals surface area contributed by atoms with E-state index in [0.717, 1.165) is 0 Å². The molecule has 0 bridgehead atoms. The van der Waals surface area contributed by atoms with Crippen molar-refractivity contribution in [2.75, 3.05) is 6.54 Å². The van der Waals surface area contributed by atoms with Gasteiger partial charge in [-0.1, -0.05) is 26.0 Å². The number of carbonyl (C=O) groups excluding carboxylic acids is 3.